The van der Waals surface area contributed by atoms with Gasteiger partial charge in [0.25, 0.3) is 6.47 Å². The average Bonchev–Trinajstić information content (AvgIpc) is 2.64. The van der Waals surface area contributed by atoms with Crippen molar-refractivity contribution in [3.63, 3.8) is 0 Å². The van der Waals surface area contributed by atoms with Crippen molar-refractivity contribution in [2.75, 3.05) is 13.1 Å². The molecular weight excluding hydrogens is 342 g/mol. The maximum Gasteiger partial charge on any atom is 0.290 e. The van der Waals surface area contributed by atoms with Gasteiger partial charge in [0.15, 0.2) is 6.29 Å². The Morgan fingerprint density at radius 3 is 1.59 bits per heavy atom. The average molecular weight is 388 g/mol. The van der Waals surface area contributed by atoms with E-state index in [1.165, 1.54) is 89.9 Å². The van der Waals surface area contributed by atoms with Crippen molar-refractivity contribution in [1.29, 1.82) is 0 Å². The molecule has 0 spiro atoms. The summed E-state index contributed by atoms with van der Waals surface area (Å²) in [7, 11) is 0. The van der Waals surface area contributed by atoms with Crippen LogP contribution in [0.1, 0.15) is 103 Å². The first-order valence-electron chi connectivity index (χ1n) is 11.0. The van der Waals surface area contributed by atoms with Crippen molar-refractivity contribution in [1.82, 2.24) is 5.32 Å². The summed E-state index contributed by atoms with van der Waals surface area (Å²) in [4.78, 5) is 8.36. The lowest BCUT2D eigenvalue weighted by atomic mass is 10.1. The van der Waals surface area contributed by atoms with Crippen LogP contribution in [-0.2, 0) is 4.79 Å². The standard InChI is InChI=1S/C21H43NO2.CH2O2/c1-2-3-4-5-6-7-8-9-10-11-12-13-14-15-16-17-18-19-22-20-21(23)24;2-1-3/h9-10,21-24H,2-8,11-20H2,1H3;1H,(H,2,3)/b10-9-;. The van der Waals surface area contributed by atoms with Gasteiger partial charge in [-0.05, 0) is 38.6 Å². The lowest BCUT2D eigenvalue weighted by molar-refractivity contribution is -0.122. The van der Waals surface area contributed by atoms with Crippen LogP contribution in [0.5, 0.6) is 0 Å². The van der Waals surface area contributed by atoms with E-state index in [-0.39, 0.29) is 13.0 Å². The van der Waals surface area contributed by atoms with Gasteiger partial charge in [0, 0.05) is 6.54 Å². The second-order valence-corrected chi connectivity index (χ2v) is 7.08. The predicted molar refractivity (Wildman–Crippen MR) is 114 cm³/mol. The number of hydrogen-bond acceptors (Lipinski definition) is 4. The maximum atomic E-state index is 8.68. The SMILES string of the molecule is CCCCCCCC/C=C\CCCCCCCCCNCC(O)O.O=CO. The van der Waals surface area contributed by atoms with E-state index in [0.717, 1.165) is 13.0 Å². The maximum absolute atomic E-state index is 8.68. The molecule has 0 heterocycles. The number of carbonyl (C=O) groups is 1. The molecule has 0 unspecified atom stereocenters. The smallest absolute Gasteiger partial charge is 0.290 e. The molecule has 0 bridgehead atoms. The number of nitrogens with one attached hydrogen (secondary N) is 1. The Morgan fingerprint density at radius 2 is 1.15 bits per heavy atom. The number of carboxylic acid groups (broad SMARTS) is 1. The quantitative estimate of drug-likeness (QED) is 0.108. The molecular formula is C22H45NO4. The summed E-state index contributed by atoms with van der Waals surface area (Å²) in [5.41, 5.74) is 0. The van der Waals surface area contributed by atoms with Gasteiger partial charge in [0.05, 0.1) is 0 Å². The Bertz CT molecular complexity index is 296. The first-order chi connectivity index (χ1) is 13.2. The highest BCUT2D eigenvalue weighted by Gasteiger charge is 1.95. The van der Waals surface area contributed by atoms with Crippen LogP contribution in [0.15, 0.2) is 12.2 Å². The third-order valence-electron chi connectivity index (χ3n) is 4.44. The number of aliphatic hydroxyl groups is 2. The zero-order valence-corrected chi connectivity index (χ0v) is 17.6. The van der Waals surface area contributed by atoms with Crippen molar-refractivity contribution in [2.24, 2.45) is 0 Å². The van der Waals surface area contributed by atoms with E-state index >= 15 is 0 Å². The Balaban J connectivity index is 0. The molecule has 4 N–H and O–H groups in total. The minimum Gasteiger partial charge on any atom is -0.483 e. The molecule has 0 aromatic heterocycles. The first-order valence-corrected chi connectivity index (χ1v) is 11.0. The molecule has 0 saturated heterocycles. The van der Waals surface area contributed by atoms with Crippen LogP contribution in [0.25, 0.3) is 0 Å². The normalized spacial score (nSPS) is 11.0. The first kappa shape index (κ1) is 28.3. The molecule has 5 heteroatoms. The Labute approximate surface area is 167 Å². The van der Waals surface area contributed by atoms with Gasteiger partial charge in [0.2, 0.25) is 0 Å². The Kier molecular flexibility index (Phi) is 28.6. The molecule has 0 atom stereocenters. The topological polar surface area (TPSA) is 89.8 Å². The van der Waals surface area contributed by atoms with Crippen LogP contribution in [0.3, 0.4) is 0 Å². The largest absolute Gasteiger partial charge is 0.483 e. The highest BCUT2D eigenvalue weighted by Crippen LogP contribution is 2.10. The van der Waals surface area contributed by atoms with Crippen molar-refractivity contribution >= 4 is 6.47 Å². The lowest BCUT2D eigenvalue weighted by Gasteiger charge is -2.05. The highest BCUT2D eigenvalue weighted by molar-refractivity contribution is 5.32. The number of hydrogen-bond donors (Lipinski definition) is 4. The van der Waals surface area contributed by atoms with Crippen LogP contribution < -0.4 is 5.32 Å². The number of aliphatic hydroxyl groups excluding tert-OH is 1. The molecule has 5 nitrogen and oxygen atoms in total. The van der Waals surface area contributed by atoms with E-state index in [0.29, 0.717) is 0 Å². The van der Waals surface area contributed by atoms with Gasteiger partial charge in [0.1, 0.15) is 0 Å². The van der Waals surface area contributed by atoms with Gasteiger partial charge in [-0.25, -0.2) is 0 Å². The van der Waals surface area contributed by atoms with Crippen molar-refractivity contribution in [3.8, 4) is 0 Å². The van der Waals surface area contributed by atoms with Crippen LogP contribution in [0, 0.1) is 0 Å². The number of unbranched alkanes of at least 4 members (excludes halogenated alkanes) is 13. The zero-order valence-electron chi connectivity index (χ0n) is 17.6. The van der Waals surface area contributed by atoms with Crippen LogP contribution in [-0.4, -0.2) is 41.2 Å². The molecule has 162 valence electrons. The third kappa shape index (κ3) is 33.1. The molecule has 0 aliphatic rings. The summed E-state index contributed by atoms with van der Waals surface area (Å²) in [6.07, 6.45) is 23.5. The van der Waals surface area contributed by atoms with Gasteiger partial charge < -0.3 is 20.6 Å². The summed E-state index contributed by atoms with van der Waals surface area (Å²) in [5.74, 6) is 0. The van der Waals surface area contributed by atoms with Crippen molar-refractivity contribution in [2.45, 2.75) is 110 Å². The number of allylic oxidation sites excluding steroid dienone is 2. The molecule has 0 fully saturated rings. The summed E-state index contributed by atoms with van der Waals surface area (Å²) in [5, 5.41) is 27.3. The molecule has 0 aromatic carbocycles. The van der Waals surface area contributed by atoms with Crippen molar-refractivity contribution < 1.29 is 20.1 Å². The monoisotopic (exact) mass is 387 g/mol. The summed E-state index contributed by atoms with van der Waals surface area (Å²) < 4.78 is 0. The predicted octanol–water partition coefficient (Wildman–Crippen LogP) is 5.02. The fraction of sp³-hybridized carbons (Fsp3) is 0.864. The van der Waals surface area contributed by atoms with Gasteiger partial charge in [-0.1, -0.05) is 83.3 Å². The summed E-state index contributed by atoms with van der Waals surface area (Å²) in [6.45, 7) is 3.20. The molecule has 0 aliphatic carbocycles. The Morgan fingerprint density at radius 1 is 0.741 bits per heavy atom. The van der Waals surface area contributed by atoms with E-state index in [4.69, 9.17) is 20.1 Å². The molecule has 0 rings (SSSR count). The third-order valence-corrected chi connectivity index (χ3v) is 4.44. The highest BCUT2D eigenvalue weighted by atomic mass is 16.5. The summed E-state index contributed by atoms with van der Waals surface area (Å²) >= 11 is 0. The minimum absolute atomic E-state index is 0.250. The zero-order chi connectivity index (χ0) is 20.4. The number of rotatable bonds is 19. The van der Waals surface area contributed by atoms with Gasteiger partial charge in [-0.2, -0.15) is 0 Å². The molecule has 0 saturated carbocycles. The molecule has 0 radical (unpaired) electrons. The van der Waals surface area contributed by atoms with Crippen LogP contribution >= 0.6 is 0 Å². The van der Waals surface area contributed by atoms with Crippen molar-refractivity contribution in [3.05, 3.63) is 12.2 Å². The molecule has 0 amide bonds. The van der Waals surface area contributed by atoms with E-state index in [1.54, 1.807) is 0 Å². The second-order valence-electron chi connectivity index (χ2n) is 7.08. The fourth-order valence-electron chi connectivity index (χ4n) is 2.91. The van der Waals surface area contributed by atoms with Crippen LogP contribution in [0.2, 0.25) is 0 Å². The van der Waals surface area contributed by atoms with Gasteiger partial charge >= 0.3 is 0 Å². The van der Waals surface area contributed by atoms with E-state index in [2.05, 4.69) is 24.4 Å². The van der Waals surface area contributed by atoms with E-state index in [1.807, 2.05) is 0 Å². The molecule has 0 aliphatic heterocycles. The fourth-order valence-corrected chi connectivity index (χ4v) is 2.91. The second kappa shape index (κ2) is 27.3. The van der Waals surface area contributed by atoms with E-state index < -0.39 is 6.29 Å². The van der Waals surface area contributed by atoms with Gasteiger partial charge in [-0.3, -0.25) is 4.79 Å². The van der Waals surface area contributed by atoms with E-state index in [9.17, 15) is 0 Å². The van der Waals surface area contributed by atoms with Crippen LogP contribution in [0.4, 0.5) is 0 Å². The van der Waals surface area contributed by atoms with Gasteiger partial charge in [-0.15, -0.1) is 0 Å². The minimum atomic E-state index is -1.22. The molecule has 0 aromatic rings. The Hall–Kier alpha value is -0.910. The lowest BCUT2D eigenvalue weighted by Crippen LogP contribution is -2.26. The molecule has 27 heavy (non-hydrogen) atoms. The summed E-state index contributed by atoms with van der Waals surface area (Å²) in [6, 6.07) is 0.